The molecule has 0 bridgehead atoms. The van der Waals surface area contributed by atoms with Gasteiger partial charge >= 0.3 is 0 Å². The van der Waals surface area contributed by atoms with Gasteiger partial charge in [-0.05, 0) is 62.8 Å². The molecule has 4 nitrogen and oxygen atoms in total. The molecule has 0 amide bonds. The van der Waals surface area contributed by atoms with E-state index in [1.807, 2.05) is 12.1 Å². The Morgan fingerprint density at radius 3 is 1.50 bits per heavy atom. The van der Waals surface area contributed by atoms with Gasteiger partial charge in [0.05, 0.1) is 0 Å². The van der Waals surface area contributed by atoms with Crippen LogP contribution in [0.15, 0.2) is 24.3 Å². The second-order valence-electron chi connectivity index (χ2n) is 8.26. The van der Waals surface area contributed by atoms with Crippen LogP contribution in [0.2, 0.25) is 0 Å². The molecule has 0 fully saturated rings. The molecule has 0 unspecified atom stereocenters. The summed E-state index contributed by atoms with van der Waals surface area (Å²) in [7, 11) is 0. The summed E-state index contributed by atoms with van der Waals surface area (Å²) in [4.78, 5) is 2.48. The summed E-state index contributed by atoms with van der Waals surface area (Å²) in [6.07, 6.45) is 14.5. The molecule has 0 aliphatic carbocycles. The van der Waals surface area contributed by atoms with E-state index in [1.165, 1.54) is 82.7 Å². The van der Waals surface area contributed by atoms with Crippen LogP contribution in [0.5, 0.6) is 5.75 Å². The summed E-state index contributed by atoms with van der Waals surface area (Å²) in [5.41, 5.74) is 1.22. The van der Waals surface area contributed by atoms with Gasteiger partial charge in [-0.25, -0.2) is 0 Å². The third-order valence-electron chi connectivity index (χ3n) is 5.43. The molecule has 4 heteroatoms. The standard InChI is InChI=1S/C26H47NO3/c1-3-5-21-29-23-13-9-7-11-19-27(25-15-17-26(28)18-16-25)20-12-8-10-14-24-30-22-6-4-2/h15-18,28H,3-14,19-24H2,1-2H3. The van der Waals surface area contributed by atoms with Crippen molar-refractivity contribution in [2.45, 2.75) is 90.9 Å². The summed E-state index contributed by atoms with van der Waals surface area (Å²) in [5.74, 6) is 0.338. The maximum atomic E-state index is 9.60. The summed E-state index contributed by atoms with van der Waals surface area (Å²) in [5, 5.41) is 9.60. The van der Waals surface area contributed by atoms with E-state index >= 15 is 0 Å². The van der Waals surface area contributed by atoms with Crippen LogP contribution in [0, 0.1) is 0 Å². The minimum absolute atomic E-state index is 0.338. The number of phenolic OH excluding ortho intramolecular Hbond substituents is 1. The second kappa shape index (κ2) is 19.7. The number of hydrogen-bond donors (Lipinski definition) is 1. The van der Waals surface area contributed by atoms with Crippen LogP contribution in [0.4, 0.5) is 5.69 Å². The van der Waals surface area contributed by atoms with E-state index in [0.717, 1.165) is 39.5 Å². The quantitative estimate of drug-likeness (QED) is 0.218. The van der Waals surface area contributed by atoms with E-state index < -0.39 is 0 Å². The third-order valence-corrected chi connectivity index (χ3v) is 5.43. The zero-order valence-corrected chi connectivity index (χ0v) is 19.7. The smallest absolute Gasteiger partial charge is 0.115 e. The summed E-state index contributed by atoms with van der Waals surface area (Å²) < 4.78 is 11.3. The van der Waals surface area contributed by atoms with Crippen molar-refractivity contribution in [3.05, 3.63) is 24.3 Å². The Kier molecular flexibility index (Phi) is 17.6. The fourth-order valence-electron chi connectivity index (χ4n) is 3.45. The minimum atomic E-state index is 0.338. The largest absolute Gasteiger partial charge is 0.508 e. The molecular weight excluding hydrogens is 374 g/mol. The number of unbranched alkanes of at least 4 members (excludes halogenated alkanes) is 8. The molecule has 30 heavy (non-hydrogen) atoms. The molecule has 174 valence electrons. The lowest BCUT2D eigenvalue weighted by Crippen LogP contribution is -2.25. The number of anilines is 1. The van der Waals surface area contributed by atoms with E-state index in [-0.39, 0.29) is 0 Å². The molecule has 0 saturated carbocycles. The molecule has 0 aliphatic rings. The van der Waals surface area contributed by atoms with Crippen molar-refractivity contribution < 1.29 is 14.6 Å². The molecule has 0 aromatic heterocycles. The maximum Gasteiger partial charge on any atom is 0.115 e. The summed E-state index contributed by atoms with van der Waals surface area (Å²) in [6, 6.07) is 7.67. The third kappa shape index (κ3) is 14.7. The highest BCUT2D eigenvalue weighted by atomic mass is 16.5. The predicted molar refractivity (Wildman–Crippen MR) is 129 cm³/mol. The average Bonchev–Trinajstić information content (AvgIpc) is 2.76. The molecule has 1 aromatic carbocycles. The van der Waals surface area contributed by atoms with Gasteiger partial charge in [0.2, 0.25) is 0 Å². The van der Waals surface area contributed by atoms with Crippen molar-refractivity contribution in [2.75, 3.05) is 44.4 Å². The lowest BCUT2D eigenvalue weighted by Gasteiger charge is -2.25. The van der Waals surface area contributed by atoms with Gasteiger partial charge in [-0.15, -0.1) is 0 Å². The zero-order chi connectivity index (χ0) is 21.7. The maximum absolute atomic E-state index is 9.60. The summed E-state index contributed by atoms with van der Waals surface area (Å²) >= 11 is 0. The Labute approximate surface area is 186 Å². The predicted octanol–water partition coefficient (Wildman–Crippen LogP) is 6.95. The van der Waals surface area contributed by atoms with Gasteiger partial charge in [0.15, 0.2) is 0 Å². The topological polar surface area (TPSA) is 41.9 Å². The van der Waals surface area contributed by atoms with Crippen molar-refractivity contribution in [1.29, 1.82) is 0 Å². The number of phenols is 1. The molecular formula is C26H47NO3. The number of nitrogens with zero attached hydrogens (tertiary/aromatic N) is 1. The number of hydrogen-bond acceptors (Lipinski definition) is 4. The first-order chi connectivity index (χ1) is 14.8. The number of benzene rings is 1. The fourth-order valence-corrected chi connectivity index (χ4v) is 3.45. The minimum Gasteiger partial charge on any atom is -0.508 e. The van der Waals surface area contributed by atoms with Crippen molar-refractivity contribution in [1.82, 2.24) is 0 Å². The van der Waals surface area contributed by atoms with Crippen LogP contribution >= 0.6 is 0 Å². The fraction of sp³-hybridized carbons (Fsp3) is 0.769. The lowest BCUT2D eigenvalue weighted by molar-refractivity contribution is 0.127. The number of ether oxygens (including phenoxy) is 2. The molecule has 1 rings (SSSR count). The van der Waals surface area contributed by atoms with E-state index in [0.29, 0.717) is 5.75 Å². The van der Waals surface area contributed by atoms with Gasteiger partial charge < -0.3 is 19.5 Å². The SMILES string of the molecule is CCCCOCCCCCCN(CCCCCCOCCCC)c1ccc(O)cc1. The van der Waals surface area contributed by atoms with Crippen LogP contribution in [0.3, 0.4) is 0 Å². The van der Waals surface area contributed by atoms with Gasteiger partial charge in [0, 0.05) is 45.2 Å². The van der Waals surface area contributed by atoms with Crippen molar-refractivity contribution in [2.24, 2.45) is 0 Å². The van der Waals surface area contributed by atoms with Gasteiger partial charge in [0.1, 0.15) is 5.75 Å². The Morgan fingerprint density at radius 1 is 0.600 bits per heavy atom. The number of aromatic hydroxyl groups is 1. The van der Waals surface area contributed by atoms with Crippen LogP contribution < -0.4 is 4.90 Å². The molecule has 1 aromatic rings. The highest BCUT2D eigenvalue weighted by Gasteiger charge is 2.06. The first kappa shape index (κ1) is 26.8. The first-order valence-corrected chi connectivity index (χ1v) is 12.5. The Morgan fingerprint density at radius 2 is 1.03 bits per heavy atom. The van der Waals surface area contributed by atoms with Crippen LogP contribution in [-0.4, -0.2) is 44.6 Å². The Balaban J connectivity index is 2.20. The normalized spacial score (nSPS) is 11.1. The molecule has 0 saturated heterocycles. The molecule has 0 heterocycles. The highest BCUT2D eigenvalue weighted by Crippen LogP contribution is 2.20. The first-order valence-electron chi connectivity index (χ1n) is 12.5. The molecule has 0 aliphatic heterocycles. The van der Waals surface area contributed by atoms with Crippen molar-refractivity contribution in [3.8, 4) is 5.75 Å². The van der Waals surface area contributed by atoms with E-state index in [2.05, 4.69) is 18.7 Å². The molecule has 0 spiro atoms. The van der Waals surface area contributed by atoms with E-state index in [4.69, 9.17) is 9.47 Å². The van der Waals surface area contributed by atoms with Gasteiger partial charge in [-0.3, -0.25) is 0 Å². The zero-order valence-electron chi connectivity index (χ0n) is 19.7. The second-order valence-corrected chi connectivity index (χ2v) is 8.26. The molecule has 0 atom stereocenters. The summed E-state index contributed by atoms with van der Waals surface area (Å²) in [6.45, 7) is 10.2. The van der Waals surface area contributed by atoms with Gasteiger partial charge in [-0.1, -0.05) is 52.4 Å². The molecule has 1 N–H and O–H groups in total. The lowest BCUT2D eigenvalue weighted by atomic mass is 10.1. The van der Waals surface area contributed by atoms with Gasteiger partial charge in [0.25, 0.3) is 0 Å². The average molecular weight is 422 g/mol. The molecule has 0 radical (unpaired) electrons. The van der Waals surface area contributed by atoms with Crippen molar-refractivity contribution >= 4 is 5.69 Å². The Hall–Kier alpha value is -1.26. The van der Waals surface area contributed by atoms with Gasteiger partial charge in [-0.2, -0.15) is 0 Å². The van der Waals surface area contributed by atoms with E-state index in [9.17, 15) is 5.11 Å². The number of rotatable bonds is 21. The highest BCUT2D eigenvalue weighted by molar-refractivity contribution is 5.48. The van der Waals surface area contributed by atoms with Crippen molar-refractivity contribution in [3.63, 3.8) is 0 Å². The van der Waals surface area contributed by atoms with Crippen LogP contribution in [0.25, 0.3) is 0 Å². The van der Waals surface area contributed by atoms with Crippen LogP contribution in [0.1, 0.15) is 90.9 Å². The Bertz CT molecular complexity index is 456. The van der Waals surface area contributed by atoms with E-state index in [1.54, 1.807) is 12.1 Å². The monoisotopic (exact) mass is 421 g/mol. The van der Waals surface area contributed by atoms with Crippen LogP contribution in [-0.2, 0) is 9.47 Å².